The Bertz CT molecular complexity index is 1250. The van der Waals surface area contributed by atoms with Crippen molar-refractivity contribution in [3.8, 4) is 0 Å². The number of ether oxygens (including phenoxy) is 1. The molecule has 2 aromatic carbocycles. The number of aromatic nitrogens is 2. The number of carbonyl (C=O) groups is 3. The number of H-pyrrole nitrogens is 1. The van der Waals surface area contributed by atoms with Gasteiger partial charge >= 0.3 is 5.97 Å². The van der Waals surface area contributed by atoms with Gasteiger partial charge in [-0.05, 0) is 49.2 Å². The lowest BCUT2D eigenvalue weighted by atomic mass is 9.97. The standard InChI is InChI=1S/C22H20ClN3O5/c1-11-4-5-12(2)16(8-11)25-21(29)19(27)14(22(30)31-3)10-18-20(28)26-17-9-13(23)6-7-15(17)24-18/h4-9,14H,10H2,1-3H3,(H,25,29)(H,26,28)/t14-/m0/s1. The quantitative estimate of drug-likeness (QED) is 0.345. The van der Waals surface area contributed by atoms with Gasteiger partial charge in [-0.15, -0.1) is 0 Å². The highest BCUT2D eigenvalue weighted by molar-refractivity contribution is 6.44. The minimum atomic E-state index is -1.52. The monoisotopic (exact) mass is 441 g/mol. The highest BCUT2D eigenvalue weighted by Gasteiger charge is 2.34. The van der Waals surface area contributed by atoms with E-state index in [1.54, 1.807) is 31.2 Å². The summed E-state index contributed by atoms with van der Waals surface area (Å²) in [6.07, 6.45) is -0.389. The van der Waals surface area contributed by atoms with Crippen LogP contribution in [0.15, 0.2) is 41.2 Å². The van der Waals surface area contributed by atoms with Crippen LogP contribution in [0.3, 0.4) is 0 Å². The van der Waals surface area contributed by atoms with Crippen LogP contribution in [0.5, 0.6) is 0 Å². The molecule has 0 fully saturated rings. The van der Waals surface area contributed by atoms with Gasteiger partial charge in [0.05, 0.1) is 18.1 Å². The minimum absolute atomic E-state index is 0.0712. The summed E-state index contributed by atoms with van der Waals surface area (Å²) in [4.78, 5) is 56.9. The summed E-state index contributed by atoms with van der Waals surface area (Å²) in [5, 5.41) is 2.95. The Hall–Kier alpha value is -3.52. The Morgan fingerprint density at radius 3 is 2.61 bits per heavy atom. The number of nitrogens with zero attached hydrogens (tertiary/aromatic N) is 1. The summed E-state index contributed by atoms with van der Waals surface area (Å²) in [6.45, 7) is 3.63. The van der Waals surface area contributed by atoms with Crippen molar-refractivity contribution in [3.63, 3.8) is 0 Å². The molecule has 8 nitrogen and oxygen atoms in total. The normalized spacial score (nSPS) is 11.7. The first-order valence-electron chi connectivity index (χ1n) is 9.38. The summed E-state index contributed by atoms with van der Waals surface area (Å²) < 4.78 is 4.69. The Morgan fingerprint density at radius 2 is 1.90 bits per heavy atom. The largest absolute Gasteiger partial charge is 0.468 e. The lowest BCUT2D eigenvalue weighted by Crippen LogP contribution is -2.37. The number of methoxy groups -OCH3 is 1. The average Bonchev–Trinajstić information content (AvgIpc) is 2.73. The Kier molecular flexibility index (Phi) is 6.50. The predicted octanol–water partition coefficient (Wildman–Crippen LogP) is 2.73. The van der Waals surface area contributed by atoms with Crippen molar-refractivity contribution in [2.75, 3.05) is 12.4 Å². The lowest BCUT2D eigenvalue weighted by Gasteiger charge is -2.14. The van der Waals surface area contributed by atoms with E-state index in [0.717, 1.165) is 18.2 Å². The SMILES string of the molecule is COC(=O)[C@@H](Cc1nc2ccc(Cl)cc2[nH]c1=O)C(=O)C(=O)Nc1cc(C)ccc1C. The van der Waals surface area contributed by atoms with Crippen LogP contribution in [0.25, 0.3) is 11.0 Å². The van der Waals surface area contributed by atoms with Crippen molar-refractivity contribution < 1.29 is 19.1 Å². The van der Waals surface area contributed by atoms with E-state index >= 15 is 0 Å². The number of aromatic amines is 1. The number of esters is 1. The van der Waals surface area contributed by atoms with Crippen molar-refractivity contribution in [2.24, 2.45) is 5.92 Å². The highest BCUT2D eigenvalue weighted by atomic mass is 35.5. The van der Waals surface area contributed by atoms with Gasteiger partial charge in [-0.25, -0.2) is 4.98 Å². The number of carbonyl (C=O) groups excluding carboxylic acids is 3. The van der Waals surface area contributed by atoms with Crippen molar-refractivity contribution in [1.82, 2.24) is 9.97 Å². The lowest BCUT2D eigenvalue weighted by molar-refractivity contribution is -0.152. The molecule has 31 heavy (non-hydrogen) atoms. The molecule has 0 aliphatic heterocycles. The summed E-state index contributed by atoms with van der Waals surface area (Å²) in [5.41, 5.74) is 2.28. The van der Waals surface area contributed by atoms with E-state index in [9.17, 15) is 19.2 Å². The summed E-state index contributed by atoms with van der Waals surface area (Å²) in [6, 6.07) is 10.1. The average molecular weight is 442 g/mol. The van der Waals surface area contributed by atoms with E-state index in [4.69, 9.17) is 16.3 Å². The van der Waals surface area contributed by atoms with Crippen molar-refractivity contribution in [1.29, 1.82) is 0 Å². The Morgan fingerprint density at radius 1 is 1.16 bits per heavy atom. The van der Waals surface area contributed by atoms with Crippen LogP contribution >= 0.6 is 11.6 Å². The van der Waals surface area contributed by atoms with Crippen LogP contribution in [0, 0.1) is 19.8 Å². The third-order valence-electron chi connectivity index (χ3n) is 4.79. The van der Waals surface area contributed by atoms with Crippen molar-refractivity contribution in [3.05, 3.63) is 68.6 Å². The molecule has 1 heterocycles. The van der Waals surface area contributed by atoms with E-state index in [-0.39, 0.29) is 12.1 Å². The third kappa shape index (κ3) is 4.97. The number of ketones is 1. The van der Waals surface area contributed by atoms with E-state index in [1.165, 1.54) is 6.07 Å². The van der Waals surface area contributed by atoms with Crippen LogP contribution in [0.4, 0.5) is 5.69 Å². The van der Waals surface area contributed by atoms with Gasteiger partial charge in [-0.2, -0.15) is 0 Å². The molecule has 1 amide bonds. The maximum absolute atomic E-state index is 12.8. The molecule has 0 bridgehead atoms. The number of fused-ring (bicyclic) bond motifs is 1. The van der Waals surface area contributed by atoms with E-state index < -0.39 is 29.1 Å². The second kappa shape index (κ2) is 9.09. The number of hydrogen-bond acceptors (Lipinski definition) is 6. The second-order valence-corrected chi connectivity index (χ2v) is 7.53. The molecule has 0 saturated carbocycles. The fourth-order valence-corrected chi connectivity index (χ4v) is 3.24. The molecular weight excluding hydrogens is 422 g/mol. The molecule has 0 unspecified atom stereocenters. The van der Waals surface area contributed by atoms with Gasteiger partial charge in [0.25, 0.3) is 11.5 Å². The first-order chi connectivity index (χ1) is 14.7. The zero-order chi connectivity index (χ0) is 22.7. The van der Waals surface area contributed by atoms with Crippen LogP contribution in [0.2, 0.25) is 5.02 Å². The van der Waals surface area contributed by atoms with Gasteiger partial charge in [0.2, 0.25) is 5.78 Å². The van der Waals surface area contributed by atoms with Crippen LogP contribution < -0.4 is 10.9 Å². The summed E-state index contributed by atoms with van der Waals surface area (Å²) >= 11 is 5.92. The third-order valence-corrected chi connectivity index (χ3v) is 5.02. The van der Waals surface area contributed by atoms with Gasteiger partial charge < -0.3 is 15.0 Å². The Labute approximate surface area is 182 Å². The maximum Gasteiger partial charge on any atom is 0.317 e. The smallest absolute Gasteiger partial charge is 0.317 e. The molecule has 0 aliphatic rings. The van der Waals surface area contributed by atoms with Crippen molar-refractivity contribution >= 4 is 46.0 Å². The first-order valence-corrected chi connectivity index (χ1v) is 9.76. The summed E-state index contributed by atoms with van der Waals surface area (Å²) in [5.74, 6) is -4.45. The minimum Gasteiger partial charge on any atom is -0.468 e. The fraction of sp³-hybridized carbons (Fsp3) is 0.227. The van der Waals surface area contributed by atoms with Gasteiger partial charge in [-0.3, -0.25) is 19.2 Å². The van der Waals surface area contributed by atoms with Crippen LogP contribution in [0.1, 0.15) is 16.8 Å². The molecule has 0 spiro atoms. The summed E-state index contributed by atoms with van der Waals surface area (Å²) in [7, 11) is 1.10. The topological polar surface area (TPSA) is 118 Å². The predicted molar refractivity (Wildman–Crippen MR) is 116 cm³/mol. The van der Waals surface area contributed by atoms with E-state index in [2.05, 4.69) is 15.3 Å². The Balaban J connectivity index is 1.90. The number of hydrogen-bond donors (Lipinski definition) is 2. The van der Waals surface area contributed by atoms with Gasteiger partial charge in [0.15, 0.2) is 0 Å². The molecule has 0 radical (unpaired) electrons. The number of Topliss-reactive ketones (excluding diaryl/α,β-unsaturated/α-hetero) is 1. The number of aryl methyl sites for hydroxylation is 2. The molecular formula is C22H20ClN3O5. The molecule has 1 atom stereocenters. The number of anilines is 1. The van der Waals surface area contributed by atoms with Gasteiger partial charge in [0, 0.05) is 17.1 Å². The molecule has 0 saturated heterocycles. The van der Waals surface area contributed by atoms with E-state index in [1.807, 2.05) is 13.0 Å². The number of rotatable bonds is 6. The zero-order valence-corrected chi connectivity index (χ0v) is 17.9. The molecule has 9 heteroatoms. The number of benzene rings is 2. The highest BCUT2D eigenvalue weighted by Crippen LogP contribution is 2.19. The number of halogens is 1. The zero-order valence-electron chi connectivity index (χ0n) is 17.1. The van der Waals surface area contributed by atoms with Crippen LogP contribution in [-0.2, 0) is 25.5 Å². The van der Waals surface area contributed by atoms with Crippen LogP contribution in [-0.4, -0.2) is 34.7 Å². The van der Waals surface area contributed by atoms with Gasteiger partial charge in [-0.1, -0.05) is 23.7 Å². The molecule has 160 valence electrons. The number of amides is 1. The molecule has 1 aromatic heterocycles. The number of nitrogens with one attached hydrogen (secondary N) is 2. The maximum atomic E-state index is 12.8. The second-order valence-electron chi connectivity index (χ2n) is 7.09. The van der Waals surface area contributed by atoms with E-state index in [0.29, 0.717) is 21.7 Å². The van der Waals surface area contributed by atoms with Crippen molar-refractivity contribution in [2.45, 2.75) is 20.3 Å². The molecule has 2 N–H and O–H groups in total. The molecule has 3 aromatic rings. The van der Waals surface area contributed by atoms with Gasteiger partial charge in [0.1, 0.15) is 11.6 Å². The first kappa shape index (κ1) is 22.2. The molecule has 3 rings (SSSR count). The fourth-order valence-electron chi connectivity index (χ4n) is 3.07. The molecule has 0 aliphatic carbocycles.